The molecule has 0 unspecified atom stereocenters. The van der Waals surface area contributed by atoms with Crippen LogP contribution in [0.25, 0.3) is 16.3 Å². The van der Waals surface area contributed by atoms with E-state index in [4.69, 9.17) is 4.98 Å². The lowest BCUT2D eigenvalue weighted by atomic mass is 10.0. The van der Waals surface area contributed by atoms with Crippen LogP contribution >= 0.6 is 11.3 Å². The Hall–Kier alpha value is -2.70. The number of likely N-dealkylation sites (tertiary alicyclic amines) is 1. The summed E-state index contributed by atoms with van der Waals surface area (Å²) in [6, 6.07) is 18.6. The summed E-state index contributed by atoms with van der Waals surface area (Å²) < 4.78 is 1.59. The number of hydrogen-bond acceptors (Lipinski definition) is 5. The quantitative estimate of drug-likeness (QED) is 0.517. The Morgan fingerprint density at radius 2 is 1.69 bits per heavy atom. The molecule has 0 saturated carbocycles. The summed E-state index contributed by atoms with van der Waals surface area (Å²) in [5.74, 6) is 0.850. The largest absolute Gasteiger partial charge is 0.492 e. The van der Waals surface area contributed by atoms with Crippen LogP contribution in [0.2, 0.25) is 0 Å². The second-order valence-corrected chi connectivity index (χ2v) is 8.70. The van der Waals surface area contributed by atoms with Gasteiger partial charge in [-0.05, 0) is 38.4 Å². The first-order valence-corrected chi connectivity index (χ1v) is 11.0. The molecule has 2 aromatic heterocycles. The number of piperidine rings is 1. The fraction of sp³-hybridized carbons (Fsp3) is 0.304. The highest BCUT2D eigenvalue weighted by Gasteiger charge is 2.30. The normalized spacial score (nSPS) is 16.3. The van der Waals surface area contributed by atoms with E-state index in [0.29, 0.717) is 5.82 Å². The zero-order valence-corrected chi connectivity index (χ0v) is 17.3. The highest BCUT2D eigenvalue weighted by molar-refractivity contribution is 7.17. The van der Waals surface area contributed by atoms with Crippen molar-refractivity contribution in [3.8, 4) is 17.3 Å². The molecule has 1 atom stereocenters. The molecule has 3 heterocycles. The van der Waals surface area contributed by atoms with Gasteiger partial charge in [0.2, 0.25) is 10.8 Å². The van der Waals surface area contributed by atoms with E-state index < -0.39 is 0 Å². The first kappa shape index (κ1) is 18.3. The van der Waals surface area contributed by atoms with Gasteiger partial charge in [-0.1, -0.05) is 77.9 Å². The molecule has 5 nitrogen and oxygen atoms in total. The number of aryl methyl sites for hydroxylation is 1. The highest BCUT2D eigenvalue weighted by atomic mass is 32.1. The summed E-state index contributed by atoms with van der Waals surface area (Å²) in [4.78, 5) is 8.83. The van der Waals surface area contributed by atoms with Gasteiger partial charge in [-0.25, -0.2) is 0 Å². The van der Waals surface area contributed by atoms with E-state index in [1.54, 1.807) is 4.52 Å². The van der Waals surface area contributed by atoms with Gasteiger partial charge in [0.05, 0.1) is 10.9 Å². The molecule has 148 valence electrons. The summed E-state index contributed by atoms with van der Waals surface area (Å²) in [5, 5.41) is 15.7. The zero-order chi connectivity index (χ0) is 19.8. The Balaban J connectivity index is 1.57. The minimum atomic E-state index is 0.0350. The van der Waals surface area contributed by atoms with Gasteiger partial charge in [-0.2, -0.15) is 9.50 Å². The Morgan fingerprint density at radius 1 is 0.966 bits per heavy atom. The molecule has 0 amide bonds. The monoisotopic (exact) mass is 404 g/mol. The fourth-order valence-electron chi connectivity index (χ4n) is 4.09. The number of fused-ring (bicyclic) bond motifs is 1. The van der Waals surface area contributed by atoms with Crippen molar-refractivity contribution < 1.29 is 5.11 Å². The summed E-state index contributed by atoms with van der Waals surface area (Å²) in [7, 11) is 0. The van der Waals surface area contributed by atoms with Gasteiger partial charge in [-0.3, -0.25) is 4.90 Å². The number of rotatable bonds is 4. The van der Waals surface area contributed by atoms with Gasteiger partial charge in [0.25, 0.3) is 0 Å². The van der Waals surface area contributed by atoms with Gasteiger partial charge < -0.3 is 5.11 Å². The lowest BCUT2D eigenvalue weighted by molar-refractivity contribution is 0.186. The van der Waals surface area contributed by atoms with E-state index >= 15 is 0 Å². The van der Waals surface area contributed by atoms with Crippen LogP contribution in [-0.2, 0) is 0 Å². The molecular formula is C23H24N4OS. The molecular weight excluding hydrogens is 380 g/mol. The van der Waals surface area contributed by atoms with Gasteiger partial charge in [0.1, 0.15) is 0 Å². The number of hydrogen-bond donors (Lipinski definition) is 1. The van der Waals surface area contributed by atoms with Crippen LogP contribution in [0.5, 0.6) is 5.88 Å². The summed E-state index contributed by atoms with van der Waals surface area (Å²) in [6.45, 7) is 4.15. The molecule has 5 rings (SSSR count). The van der Waals surface area contributed by atoms with Crippen molar-refractivity contribution in [2.45, 2.75) is 32.2 Å². The minimum absolute atomic E-state index is 0.0350. The maximum atomic E-state index is 11.1. The van der Waals surface area contributed by atoms with Gasteiger partial charge in [0.15, 0.2) is 5.82 Å². The lowest BCUT2D eigenvalue weighted by Gasteiger charge is -2.34. The topological polar surface area (TPSA) is 53.7 Å². The minimum Gasteiger partial charge on any atom is -0.492 e. The molecule has 1 aliphatic heterocycles. The standard InChI is InChI=1S/C23H24N4OS/c1-16-10-12-18(13-11-16)21-24-23-27(25-21)22(28)20(29-23)19(17-8-4-2-5-9-17)26-14-6-3-7-15-26/h2,4-5,8-13,19,28H,3,6-7,14-15H2,1H3/t19-/m0/s1. The van der Waals surface area contributed by atoms with Crippen LogP contribution in [-0.4, -0.2) is 37.7 Å². The van der Waals surface area contributed by atoms with Crippen molar-refractivity contribution in [3.63, 3.8) is 0 Å². The molecule has 1 aliphatic rings. The molecule has 0 bridgehead atoms. The number of nitrogens with zero attached hydrogens (tertiary/aromatic N) is 4. The molecule has 1 saturated heterocycles. The van der Waals surface area contributed by atoms with Crippen LogP contribution in [0.15, 0.2) is 54.6 Å². The Labute approximate surface area is 174 Å². The first-order chi connectivity index (χ1) is 14.2. The Bertz CT molecular complexity index is 1110. The third kappa shape index (κ3) is 3.43. The van der Waals surface area contributed by atoms with E-state index in [1.807, 2.05) is 18.2 Å². The van der Waals surface area contributed by atoms with E-state index in [9.17, 15) is 5.11 Å². The molecule has 1 N–H and O–H groups in total. The fourth-order valence-corrected chi connectivity index (χ4v) is 5.21. The van der Waals surface area contributed by atoms with Crippen molar-refractivity contribution in [2.75, 3.05) is 13.1 Å². The Morgan fingerprint density at radius 3 is 2.38 bits per heavy atom. The molecule has 2 aromatic carbocycles. The molecule has 4 aromatic rings. The summed E-state index contributed by atoms with van der Waals surface area (Å²) in [6.07, 6.45) is 3.67. The maximum absolute atomic E-state index is 11.1. The SMILES string of the molecule is Cc1ccc(-c2nc3sc([C@H](c4ccccc4)N4CCCCC4)c(O)n3n2)cc1. The third-order valence-electron chi connectivity index (χ3n) is 5.63. The number of aromatic nitrogens is 3. The maximum Gasteiger partial charge on any atom is 0.230 e. The molecule has 0 aliphatic carbocycles. The van der Waals surface area contributed by atoms with E-state index in [2.05, 4.69) is 53.3 Å². The van der Waals surface area contributed by atoms with Gasteiger partial charge in [-0.15, -0.1) is 5.10 Å². The van der Waals surface area contributed by atoms with Crippen LogP contribution in [0.1, 0.15) is 41.3 Å². The van der Waals surface area contributed by atoms with E-state index in [1.165, 1.54) is 41.7 Å². The second-order valence-electron chi connectivity index (χ2n) is 7.70. The van der Waals surface area contributed by atoms with Crippen LogP contribution < -0.4 is 0 Å². The number of aromatic hydroxyl groups is 1. The molecule has 29 heavy (non-hydrogen) atoms. The molecule has 6 heteroatoms. The van der Waals surface area contributed by atoms with Crippen LogP contribution in [0.4, 0.5) is 0 Å². The van der Waals surface area contributed by atoms with Crippen molar-refractivity contribution in [1.29, 1.82) is 0 Å². The van der Waals surface area contributed by atoms with Crippen LogP contribution in [0, 0.1) is 6.92 Å². The number of thiazole rings is 1. The zero-order valence-electron chi connectivity index (χ0n) is 16.5. The smallest absolute Gasteiger partial charge is 0.230 e. The average molecular weight is 405 g/mol. The molecule has 0 spiro atoms. The molecule has 1 fully saturated rings. The van der Waals surface area contributed by atoms with E-state index in [0.717, 1.165) is 28.5 Å². The predicted molar refractivity (Wildman–Crippen MR) is 116 cm³/mol. The number of benzene rings is 2. The van der Waals surface area contributed by atoms with Crippen LogP contribution in [0.3, 0.4) is 0 Å². The highest BCUT2D eigenvalue weighted by Crippen LogP contribution is 2.41. The van der Waals surface area contributed by atoms with Crippen molar-refractivity contribution in [2.24, 2.45) is 0 Å². The third-order valence-corrected chi connectivity index (χ3v) is 6.70. The van der Waals surface area contributed by atoms with Gasteiger partial charge >= 0.3 is 0 Å². The summed E-state index contributed by atoms with van der Waals surface area (Å²) >= 11 is 1.54. The summed E-state index contributed by atoms with van der Waals surface area (Å²) in [5.41, 5.74) is 3.36. The van der Waals surface area contributed by atoms with Crippen molar-refractivity contribution >= 4 is 16.3 Å². The Kier molecular flexibility index (Phi) is 4.81. The van der Waals surface area contributed by atoms with Crippen molar-refractivity contribution in [3.05, 3.63) is 70.6 Å². The van der Waals surface area contributed by atoms with Gasteiger partial charge in [0, 0.05) is 5.56 Å². The second kappa shape index (κ2) is 7.61. The van der Waals surface area contributed by atoms with E-state index in [-0.39, 0.29) is 11.9 Å². The lowest BCUT2D eigenvalue weighted by Crippen LogP contribution is -2.34. The molecule has 0 radical (unpaired) electrons. The first-order valence-electron chi connectivity index (χ1n) is 10.1. The predicted octanol–water partition coefficient (Wildman–Crippen LogP) is 5.05. The average Bonchev–Trinajstić information content (AvgIpc) is 3.30. The van der Waals surface area contributed by atoms with Crippen molar-refractivity contribution in [1.82, 2.24) is 19.5 Å².